The van der Waals surface area contributed by atoms with E-state index in [0.29, 0.717) is 24.3 Å². The van der Waals surface area contributed by atoms with Crippen molar-refractivity contribution in [1.82, 2.24) is 10.0 Å². The first-order valence-corrected chi connectivity index (χ1v) is 12.1. The van der Waals surface area contributed by atoms with Gasteiger partial charge in [0.25, 0.3) is 17.7 Å². The van der Waals surface area contributed by atoms with Crippen LogP contribution in [0.15, 0.2) is 36.4 Å². The zero-order chi connectivity index (χ0) is 24.7. The molecule has 1 aliphatic carbocycles. The molecule has 8 heteroatoms. The van der Waals surface area contributed by atoms with Crippen molar-refractivity contribution in [1.29, 1.82) is 0 Å². The predicted octanol–water partition coefficient (Wildman–Crippen LogP) is 5.27. The van der Waals surface area contributed by atoms with E-state index in [9.17, 15) is 19.2 Å². The smallest absolute Gasteiger partial charge is 0.273 e. The molecule has 3 amide bonds. The zero-order valence-electron chi connectivity index (χ0n) is 19.3. The molecule has 0 aromatic heterocycles. The van der Waals surface area contributed by atoms with Gasteiger partial charge in [-0.3, -0.25) is 19.2 Å². The van der Waals surface area contributed by atoms with E-state index < -0.39 is 36.1 Å². The van der Waals surface area contributed by atoms with E-state index in [1.165, 1.54) is 18.2 Å². The molecule has 4 rings (SSSR count). The summed E-state index contributed by atoms with van der Waals surface area (Å²) in [5, 5.41) is 2.31. The van der Waals surface area contributed by atoms with Crippen LogP contribution >= 0.6 is 23.2 Å². The molecular formula is C26H26Cl2N2O4. The van der Waals surface area contributed by atoms with Crippen LogP contribution in [0.4, 0.5) is 0 Å². The number of hydrogen-bond donors (Lipinski definition) is 0. The molecule has 0 spiro atoms. The molecule has 3 atom stereocenters. The van der Waals surface area contributed by atoms with Crippen molar-refractivity contribution >= 4 is 46.7 Å². The van der Waals surface area contributed by atoms with Crippen LogP contribution in [-0.4, -0.2) is 40.1 Å². The number of ketones is 1. The van der Waals surface area contributed by atoms with Crippen LogP contribution in [0.5, 0.6) is 0 Å². The van der Waals surface area contributed by atoms with E-state index in [4.69, 9.17) is 23.2 Å². The largest absolute Gasteiger partial charge is 0.292 e. The summed E-state index contributed by atoms with van der Waals surface area (Å²) in [6.07, 6.45) is 2.02. The van der Waals surface area contributed by atoms with Gasteiger partial charge in [-0.15, -0.1) is 0 Å². The second-order valence-corrected chi connectivity index (χ2v) is 10.1. The van der Waals surface area contributed by atoms with E-state index >= 15 is 0 Å². The lowest BCUT2D eigenvalue weighted by Gasteiger charge is -2.30. The Morgan fingerprint density at radius 1 is 0.912 bits per heavy atom. The number of hydrazine groups is 1. The summed E-state index contributed by atoms with van der Waals surface area (Å²) in [6.45, 7) is 5.44. The minimum atomic E-state index is -0.663. The number of aryl methyl sites for hydroxylation is 2. The molecular weight excluding hydrogens is 475 g/mol. The van der Waals surface area contributed by atoms with Gasteiger partial charge in [0.1, 0.15) is 6.54 Å². The fourth-order valence-electron chi connectivity index (χ4n) is 4.76. The third-order valence-electron chi connectivity index (χ3n) is 6.93. The standard InChI is InChI=1S/C26H26Cl2N2O4/c1-14-4-8-19-20(10-14)26(34)30(25(19)33)29(24(32)18-7-9-21(27)22(28)12-18)13-23(31)17-6-5-15(2)16(3)11-17/h5-7,9,11-12,14,19-20H,4,8,10,13H2,1-3H3/t14-,19-,20-/m1/s1. The number of amides is 3. The van der Waals surface area contributed by atoms with Crippen LogP contribution in [0, 0.1) is 31.6 Å². The Morgan fingerprint density at radius 2 is 1.59 bits per heavy atom. The molecule has 0 radical (unpaired) electrons. The average Bonchev–Trinajstić information content (AvgIpc) is 3.04. The summed E-state index contributed by atoms with van der Waals surface area (Å²) in [5.41, 5.74) is 2.50. The molecule has 1 saturated carbocycles. The first-order chi connectivity index (χ1) is 16.1. The van der Waals surface area contributed by atoms with Crippen LogP contribution in [0.2, 0.25) is 10.0 Å². The van der Waals surface area contributed by atoms with Gasteiger partial charge < -0.3 is 0 Å². The molecule has 0 N–H and O–H groups in total. The maximum absolute atomic E-state index is 13.6. The lowest BCUT2D eigenvalue weighted by molar-refractivity contribution is -0.154. The van der Waals surface area contributed by atoms with Gasteiger partial charge in [-0.2, -0.15) is 5.01 Å². The number of carbonyl (C=O) groups is 4. The highest BCUT2D eigenvalue weighted by atomic mass is 35.5. The van der Waals surface area contributed by atoms with Gasteiger partial charge in [0, 0.05) is 11.1 Å². The number of hydrogen-bond acceptors (Lipinski definition) is 4. The number of Topliss-reactive ketones (excluding diaryl/α,β-unsaturated/α-hetero) is 1. The number of imide groups is 1. The Labute approximate surface area is 208 Å². The van der Waals surface area contributed by atoms with E-state index in [0.717, 1.165) is 27.6 Å². The number of rotatable bonds is 5. The van der Waals surface area contributed by atoms with Crippen molar-refractivity contribution in [3.05, 3.63) is 68.7 Å². The van der Waals surface area contributed by atoms with Gasteiger partial charge in [-0.25, -0.2) is 5.01 Å². The third kappa shape index (κ3) is 4.49. The van der Waals surface area contributed by atoms with Crippen LogP contribution in [-0.2, 0) is 9.59 Å². The topological polar surface area (TPSA) is 74.8 Å². The maximum Gasteiger partial charge on any atom is 0.273 e. The Bertz CT molecular complexity index is 1200. The molecule has 34 heavy (non-hydrogen) atoms. The summed E-state index contributed by atoms with van der Waals surface area (Å²) in [6, 6.07) is 9.56. The molecule has 0 bridgehead atoms. The molecule has 178 valence electrons. The predicted molar refractivity (Wildman–Crippen MR) is 130 cm³/mol. The van der Waals surface area contributed by atoms with Crippen LogP contribution in [0.25, 0.3) is 0 Å². The Morgan fingerprint density at radius 3 is 2.26 bits per heavy atom. The number of nitrogens with zero attached hydrogens (tertiary/aromatic N) is 2. The Kier molecular flexibility index (Phi) is 6.83. The molecule has 2 aromatic rings. The van der Waals surface area contributed by atoms with Crippen molar-refractivity contribution < 1.29 is 19.2 Å². The van der Waals surface area contributed by atoms with Gasteiger partial charge >= 0.3 is 0 Å². The van der Waals surface area contributed by atoms with E-state index in [1.54, 1.807) is 12.1 Å². The van der Waals surface area contributed by atoms with Crippen LogP contribution in [0.3, 0.4) is 0 Å². The first-order valence-electron chi connectivity index (χ1n) is 11.3. The number of fused-ring (bicyclic) bond motifs is 1. The molecule has 1 aliphatic heterocycles. The van der Waals surface area contributed by atoms with Crippen molar-refractivity contribution in [2.24, 2.45) is 17.8 Å². The minimum absolute atomic E-state index is 0.131. The average molecular weight is 501 g/mol. The highest BCUT2D eigenvalue weighted by Gasteiger charge is 2.52. The normalized spacial score (nSPS) is 22.0. The summed E-state index contributed by atoms with van der Waals surface area (Å²) in [4.78, 5) is 53.5. The van der Waals surface area contributed by atoms with E-state index in [1.807, 2.05) is 19.9 Å². The SMILES string of the molecule is Cc1ccc(C(=O)CN(C(=O)c2ccc(Cl)c(Cl)c2)N2C(=O)[C@@H]3CC[C@@H](C)C[C@H]3C2=O)cc1C. The second kappa shape index (κ2) is 9.51. The molecule has 1 heterocycles. The first kappa shape index (κ1) is 24.4. The van der Waals surface area contributed by atoms with E-state index in [-0.39, 0.29) is 21.4 Å². The fraction of sp³-hybridized carbons (Fsp3) is 0.385. The molecule has 1 saturated heterocycles. The summed E-state index contributed by atoms with van der Waals surface area (Å²) >= 11 is 12.1. The lowest BCUT2D eigenvalue weighted by Crippen LogP contribution is -2.52. The van der Waals surface area contributed by atoms with Crippen molar-refractivity contribution in [3.63, 3.8) is 0 Å². The van der Waals surface area contributed by atoms with Gasteiger partial charge in [0.15, 0.2) is 5.78 Å². The monoisotopic (exact) mass is 500 g/mol. The number of benzene rings is 2. The quantitative estimate of drug-likeness (QED) is 0.413. The summed E-state index contributed by atoms with van der Waals surface area (Å²) in [7, 11) is 0. The molecule has 6 nitrogen and oxygen atoms in total. The van der Waals surface area contributed by atoms with Crippen LogP contribution < -0.4 is 0 Å². The minimum Gasteiger partial charge on any atom is -0.292 e. The van der Waals surface area contributed by atoms with Gasteiger partial charge in [-0.05, 0) is 74.4 Å². The Hall–Kier alpha value is -2.70. The maximum atomic E-state index is 13.6. The molecule has 0 unspecified atom stereocenters. The highest BCUT2D eigenvalue weighted by molar-refractivity contribution is 6.42. The van der Waals surface area contributed by atoms with Gasteiger partial charge in [-0.1, -0.05) is 42.3 Å². The lowest BCUT2D eigenvalue weighted by atomic mass is 9.76. The summed E-state index contributed by atoms with van der Waals surface area (Å²) < 4.78 is 0. The molecule has 2 aliphatic rings. The van der Waals surface area contributed by atoms with Crippen molar-refractivity contribution in [2.75, 3.05) is 6.54 Å². The fourth-order valence-corrected chi connectivity index (χ4v) is 5.06. The highest BCUT2D eigenvalue weighted by Crippen LogP contribution is 2.41. The summed E-state index contributed by atoms with van der Waals surface area (Å²) in [5.74, 6) is -2.52. The Balaban J connectivity index is 1.71. The van der Waals surface area contributed by atoms with Crippen molar-refractivity contribution in [2.45, 2.75) is 40.0 Å². The number of halogens is 2. The second-order valence-electron chi connectivity index (χ2n) is 9.33. The van der Waals surface area contributed by atoms with Crippen molar-refractivity contribution in [3.8, 4) is 0 Å². The van der Waals surface area contributed by atoms with Crippen LogP contribution in [0.1, 0.15) is 58.0 Å². The zero-order valence-corrected chi connectivity index (χ0v) is 20.8. The number of carbonyl (C=O) groups excluding carboxylic acids is 4. The van der Waals surface area contributed by atoms with Gasteiger partial charge in [0.2, 0.25) is 0 Å². The third-order valence-corrected chi connectivity index (χ3v) is 7.67. The molecule has 2 fully saturated rings. The molecule has 2 aromatic carbocycles. The van der Waals surface area contributed by atoms with E-state index in [2.05, 4.69) is 6.92 Å². The van der Waals surface area contributed by atoms with Gasteiger partial charge in [0.05, 0.1) is 21.9 Å².